The number of carbonyl (C=O) groups is 3. The Kier molecular flexibility index (Phi) is 9.12. The van der Waals surface area contributed by atoms with Crippen LogP contribution in [0.1, 0.15) is 32.8 Å². The van der Waals surface area contributed by atoms with E-state index in [2.05, 4.69) is 10.6 Å². The Morgan fingerprint density at radius 3 is 2.26 bits per heavy atom. The highest BCUT2D eigenvalue weighted by Crippen LogP contribution is 2.11. The Labute approximate surface area is 159 Å². The van der Waals surface area contributed by atoms with Gasteiger partial charge in [0, 0.05) is 13.1 Å². The van der Waals surface area contributed by atoms with E-state index in [9.17, 15) is 14.4 Å². The smallest absolute Gasteiger partial charge is 0.407 e. The zero-order valence-electron chi connectivity index (χ0n) is 16.3. The topological polar surface area (TPSA) is 103 Å². The first kappa shape index (κ1) is 22.3. The van der Waals surface area contributed by atoms with Crippen LogP contribution in [0.25, 0.3) is 0 Å². The van der Waals surface area contributed by atoms with Gasteiger partial charge < -0.3 is 24.8 Å². The second-order valence-electron chi connectivity index (χ2n) is 6.79. The summed E-state index contributed by atoms with van der Waals surface area (Å²) in [6.45, 7) is 5.39. The molecule has 0 fully saturated rings. The van der Waals surface area contributed by atoms with Gasteiger partial charge >= 0.3 is 12.1 Å². The molecule has 0 aliphatic rings. The molecule has 2 amide bonds. The number of esters is 1. The predicted octanol–water partition coefficient (Wildman–Crippen LogP) is 1.81. The van der Waals surface area contributed by atoms with Crippen molar-refractivity contribution in [2.45, 2.75) is 39.2 Å². The lowest BCUT2D eigenvalue weighted by atomic mass is 10.1. The monoisotopic (exact) mass is 380 g/mol. The van der Waals surface area contributed by atoms with Crippen LogP contribution in [-0.2, 0) is 25.5 Å². The van der Waals surface area contributed by atoms with Crippen molar-refractivity contribution in [3.8, 4) is 5.75 Å². The van der Waals surface area contributed by atoms with Crippen molar-refractivity contribution < 1.29 is 28.6 Å². The molecule has 0 aliphatic carbocycles. The molecule has 0 bridgehead atoms. The van der Waals surface area contributed by atoms with E-state index in [1.165, 1.54) is 0 Å². The number of benzene rings is 1. The Morgan fingerprint density at radius 1 is 1.00 bits per heavy atom. The molecule has 0 saturated carbocycles. The fourth-order valence-corrected chi connectivity index (χ4v) is 1.99. The highest BCUT2D eigenvalue weighted by molar-refractivity contribution is 5.80. The molecular weight excluding hydrogens is 352 g/mol. The van der Waals surface area contributed by atoms with Gasteiger partial charge in [-0.1, -0.05) is 12.1 Å². The number of ether oxygens (including phenoxy) is 3. The molecule has 0 aliphatic heterocycles. The van der Waals surface area contributed by atoms with Crippen molar-refractivity contribution in [2.75, 3.05) is 26.8 Å². The summed E-state index contributed by atoms with van der Waals surface area (Å²) in [5, 5.41) is 5.12. The lowest BCUT2D eigenvalue weighted by molar-refractivity contribution is -0.148. The number of rotatable bonds is 9. The van der Waals surface area contributed by atoms with Crippen molar-refractivity contribution >= 4 is 18.0 Å². The third-order valence-corrected chi connectivity index (χ3v) is 3.26. The fraction of sp³-hybridized carbons (Fsp3) is 0.526. The molecule has 8 heteroatoms. The number of amides is 2. The minimum atomic E-state index is -0.605. The van der Waals surface area contributed by atoms with Crippen LogP contribution in [-0.4, -0.2) is 50.4 Å². The van der Waals surface area contributed by atoms with E-state index in [-0.39, 0.29) is 25.5 Å². The van der Waals surface area contributed by atoms with Gasteiger partial charge in [0.2, 0.25) is 0 Å². The van der Waals surface area contributed by atoms with Gasteiger partial charge in [-0.25, -0.2) is 4.79 Å². The standard InChI is InChI=1S/C19H28N2O6/c1-19(2,3)27-18(24)21-12-10-17(23)26-13-16(22)20-11-9-14-5-7-15(25-4)8-6-14/h5-8H,9-13H2,1-4H3,(H,20,22)(H,21,24). The average molecular weight is 380 g/mol. The molecule has 0 unspecified atom stereocenters. The third-order valence-electron chi connectivity index (χ3n) is 3.26. The summed E-state index contributed by atoms with van der Waals surface area (Å²) >= 11 is 0. The maximum atomic E-state index is 11.7. The van der Waals surface area contributed by atoms with Crippen LogP contribution >= 0.6 is 0 Å². The number of methoxy groups -OCH3 is 1. The third kappa shape index (κ3) is 10.7. The summed E-state index contributed by atoms with van der Waals surface area (Å²) in [4.78, 5) is 34.7. The molecule has 0 heterocycles. The number of nitrogens with one attached hydrogen (secondary N) is 2. The fourth-order valence-electron chi connectivity index (χ4n) is 1.99. The highest BCUT2D eigenvalue weighted by Gasteiger charge is 2.16. The minimum absolute atomic E-state index is 0.0433. The summed E-state index contributed by atoms with van der Waals surface area (Å²) in [6.07, 6.45) is 0.00793. The summed E-state index contributed by atoms with van der Waals surface area (Å²) in [5.41, 5.74) is 0.454. The quantitative estimate of drug-likeness (QED) is 0.634. The van der Waals surface area contributed by atoms with Crippen molar-refractivity contribution in [1.82, 2.24) is 10.6 Å². The van der Waals surface area contributed by atoms with E-state index in [4.69, 9.17) is 14.2 Å². The molecule has 0 atom stereocenters. The number of hydrogen-bond donors (Lipinski definition) is 2. The second kappa shape index (κ2) is 11.1. The van der Waals surface area contributed by atoms with Crippen LogP contribution in [0, 0.1) is 0 Å². The number of alkyl carbamates (subject to hydrolysis) is 1. The molecule has 0 saturated heterocycles. The van der Waals surface area contributed by atoms with Crippen LogP contribution in [0.3, 0.4) is 0 Å². The zero-order chi connectivity index (χ0) is 20.3. The Morgan fingerprint density at radius 2 is 1.67 bits per heavy atom. The summed E-state index contributed by atoms with van der Waals surface area (Å²) in [5.74, 6) is -0.177. The lowest BCUT2D eigenvalue weighted by Gasteiger charge is -2.19. The lowest BCUT2D eigenvalue weighted by Crippen LogP contribution is -2.34. The molecule has 1 aromatic carbocycles. The predicted molar refractivity (Wildman–Crippen MR) is 99.5 cm³/mol. The van der Waals surface area contributed by atoms with Crippen molar-refractivity contribution in [3.63, 3.8) is 0 Å². The molecule has 1 aromatic rings. The second-order valence-corrected chi connectivity index (χ2v) is 6.79. The van der Waals surface area contributed by atoms with Gasteiger partial charge in [-0.3, -0.25) is 9.59 Å². The first-order valence-electron chi connectivity index (χ1n) is 8.71. The van der Waals surface area contributed by atoms with Crippen LogP contribution in [0.4, 0.5) is 4.79 Å². The first-order chi connectivity index (χ1) is 12.7. The Hall–Kier alpha value is -2.77. The van der Waals surface area contributed by atoms with Gasteiger partial charge in [-0.15, -0.1) is 0 Å². The molecular formula is C19H28N2O6. The van der Waals surface area contributed by atoms with Crippen molar-refractivity contribution in [1.29, 1.82) is 0 Å². The molecule has 0 spiro atoms. The van der Waals surface area contributed by atoms with E-state index in [0.29, 0.717) is 13.0 Å². The van der Waals surface area contributed by atoms with Gasteiger partial charge in [0.1, 0.15) is 11.4 Å². The van der Waals surface area contributed by atoms with Crippen LogP contribution in [0.15, 0.2) is 24.3 Å². The van der Waals surface area contributed by atoms with E-state index >= 15 is 0 Å². The van der Waals surface area contributed by atoms with Gasteiger partial charge in [0.05, 0.1) is 13.5 Å². The SMILES string of the molecule is COc1ccc(CCNC(=O)COC(=O)CCNC(=O)OC(C)(C)C)cc1. The average Bonchev–Trinajstić information content (AvgIpc) is 2.59. The molecule has 1 rings (SSSR count). The molecule has 8 nitrogen and oxygen atoms in total. The number of hydrogen-bond acceptors (Lipinski definition) is 6. The summed E-state index contributed by atoms with van der Waals surface area (Å²) < 4.78 is 15.0. The normalized spacial score (nSPS) is 10.7. The Balaban J connectivity index is 2.12. The largest absolute Gasteiger partial charge is 0.497 e. The molecule has 150 valence electrons. The van der Waals surface area contributed by atoms with E-state index in [0.717, 1.165) is 11.3 Å². The van der Waals surface area contributed by atoms with Crippen LogP contribution in [0.5, 0.6) is 5.75 Å². The van der Waals surface area contributed by atoms with Gasteiger partial charge in [-0.2, -0.15) is 0 Å². The zero-order valence-corrected chi connectivity index (χ0v) is 16.3. The van der Waals surface area contributed by atoms with Gasteiger partial charge in [0.25, 0.3) is 5.91 Å². The van der Waals surface area contributed by atoms with Crippen molar-refractivity contribution in [2.24, 2.45) is 0 Å². The summed E-state index contributed by atoms with van der Waals surface area (Å²) in [7, 11) is 1.60. The molecule has 0 radical (unpaired) electrons. The molecule has 0 aromatic heterocycles. The molecule has 27 heavy (non-hydrogen) atoms. The van der Waals surface area contributed by atoms with E-state index < -0.39 is 17.7 Å². The van der Waals surface area contributed by atoms with E-state index in [1.54, 1.807) is 27.9 Å². The minimum Gasteiger partial charge on any atom is -0.497 e. The van der Waals surface area contributed by atoms with Gasteiger partial charge in [-0.05, 0) is 44.9 Å². The van der Waals surface area contributed by atoms with E-state index in [1.807, 2.05) is 24.3 Å². The molecule has 2 N–H and O–H groups in total. The van der Waals surface area contributed by atoms with Crippen molar-refractivity contribution in [3.05, 3.63) is 29.8 Å². The first-order valence-corrected chi connectivity index (χ1v) is 8.71. The number of carbonyl (C=O) groups excluding carboxylic acids is 3. The maximum absolute atomic E-state index is 11.7. The van der Waals surface area contributed by atoms with Crippen LogP contribution in [0.2, 0.25) is 0 Å². The highest BCUT2D eigenvalue weighted by atomic mass is 16.6. The Bertz CT molecular complexity index is 622. The van der Waals surface area contributed by atoms with Gasteiger partial charge in [0.15, 0.2) is 6.61 Å². The van der Waals surface area contributed by atoms with Crippen LogP contribution < -0.4 is 15.4 Å². The summed E-state index contributed by atoms with van der Waals surface area (Å²) in [6, 6.07) is 7.54. The maximum Gasteiger partial charge on any atom is 0.407 e.